The summed E-state index contributed by atoms with van der Waals surface area (Å²) in [6, 6.07) is 13.7. The average Bonchev–Trinajstić information content (AvgIpc) is 2.96. The van der Waals surface area contributed by atoms with Crippen molar-refractivity contribution in [2.24, 2.45) is 0 Å². The van der Waals surface area contributed by atoms with Crippen molar-refractivity contribution in [1.29, 1.82) is 0 Å². The predicted octanol–water partition coefficient (Wildman–Crippen LogP) is 2.23. The number of nitrogens with one attached hydrogen (secondary N) is 1. The predicted molar refractivity (Wildman–Crippen MR) is 108 cm³/mol. The first-order chi connectivity index (χ1) is 14.4. The van der Waals surface area contributed by atoms with Gasteiger partial charge in [-0.15, -0.1) is 0 Å². The fourth-order valence-corrected chi connectivity index (χ4v) is 4.15. The first-order valence-corrected chi connectivity index (χ1v) is 9.72. The van der Waals surface area contributed by atoms with Crippen LogP contribution in [0.2, 0.25) is 0 Å². The molecule has 2 aromatic carbocycles. The summed E-state index contributed by atoms with van der Waals surface area (Å²) >= 11 is 0. The molecule has 156 valence electrons. The Kier molecular flexibility index (Phi) is 4.64. The summed E-state index contributed by atoms with van der Waals surface area (Å²) in [5.41, 5.74) is -2.86. The Morgan fingerprint density at radius 2 is 1.60 bits per heavy atom. The number of fused-ring (bicyclic) bond motifs is 3. The zero-order chi connectivity index (χ0) is 21.5. The van der Waals surface area contributed by atoms with Crippen LogP contribution < -0.4 is 15.0 Å². The lowest BCUT2D eigenvalue weighted by Crippen LogP contribution is -2.74. The number of para-hydroxylation sites is 3. The maximum absolute atomic E-state index is 13.7. The second kappa shape index (κ2) is 7.05. The van der Waals surface area contributed by atoms with Gasteiger partial charge in [-0.3, -0.25) is 4.79 Å². The highest BCUT2D eigenvalue weighted by molar-refractivity contribution is 6.21. The van der Waals surface area contributed by atoms with Crippen LogP contribution in [0.1, 0.15) is 19.4 Å². The van der Waals surface area contributed by atoms with Gasteiger partial charge >= 0.3 is 17.5 Å². The molecular formula is C22H22N2O6. The number of hydrogen-bond acceptors (Lipinski definition) is 7. The Labute approximate surface area is 173 Å². The topological polar surface area (TPSA) is 94.2 Å². The zero-order valence-electron chi connectivity index (χ0n) is 16.9. The smallest absolute Gasteiger partial charge is 0.366 e. The van der Waals surface area contributed by atoms with E-state index in [-0.39, 0.29) is 19.0 Å². The lowest BCUT2D eigenvalue weighted by Gasteiger charge is -2.47. The molecule has 2 heterocycles. The monoisotopic (exact) mass is 410 g/mol. The largest absolute Gasteiger partial charge is 0.462 e. The van der Waals surface area contributed by atoms with Crippen LogP contribution in [0.25, 0.3) is 0 Å². The van der Waals surface area contributed by atoms with Crippen molar-refractivity contribution in [3.8, 4) is 5.75 Å². The Hall–Kier alpha value is -3.55. The van der Waals surface area contributed by atoms with Crippen LogP contribution in [0.3, 0.4) is 0 Å². The second-order valence-electron chi connectivity index (χ2n) is 6.98. The molecule has 1 amide bonds. The normalized spacial score (nSPS) is 20.6. The van der Waals surface area contributed by atoms with E-state index in [2.05, 4.69) is 5.32 Å². The summed E-state index contributed by atoms with van der Waals surface area (Å²) in [4.78, 5) is 42.0. The van der Waals surface area contributed by atoms with Gasteiger partial charge in [-0.1, -0.05) is 30.3 Å². The van der Waals surface area contributed by atoms with Crippen LogP contribution in [0.4, 0.5) is 11.4 Å². The van der Waals surface area contributed by atoms with E-state index in [1.807, 2.05) is 0 Å². The van der Waals surface area contributed by atoms with Gasteiger partial charge in [0, 0.05) is 18.3 Å². The fraction of sp³-hybridized carbons (Fsp3) is 0.318. The van der Waals surface area contributed by atoms with Gasteiger partial charge < -0.3 is 24.4 Å². The van der Waals surface area contributed by atoms with Crippen LogP contribution in [-0.2, 0) is 29.4 Å². The van der Waals surface area contributed by atoms with Gasteiger partial charge in [0.25, 0.3) is 5.91 Å². The molecule has 1 spiro atoms. The highest BCUT2D eigenvalue weighted by atomic mass is 16.6. The minimum Gasteiger partial charge on any atom is -0.462 e. The minimum atomic E-state index is -2.41. The van der Waals surface area contributed by atoms with Crippen LogP contribution in [-0.4, -0.2) is 43.7 Å². The first-order valence-electron chi connectivity index (χ1n) is 9.72. The Morgan fingerprint density at radius 3 is 2.27 bits per heavy atom. The lowest BCUT2D eigenvalue weighted by atomic mass is 9.73. The maximum Gasteiger partial charge on any atom is 0.366 e. The summed E-state index contributed by atoms with van der Waals surface area (Å²) in [6.45, 7) is 3.22. The number of ether oxygens (including phenoxy) is 3. The summed E-state index contributed by atoms with van der Waals surface area (Å²) in [7, 11) is 1.58. The molecule has 0 aromatic heterocycles. The third kappa shape index (κ3) is 2.36. The highest BCUT2D eigenvalue weighted by Crippen LogP contribution is 2.54. The van der Waals surface area contributed by atoms with E-state index in [1.54, 1.807) is 69.4 Å². The van der Waals surface area contributed by atoms with Gasteiger partial charge in [0.2, 0.25) is 5.54 Å². The van der Waals surface area contributed by atoms with Gasteiger partial charge in [-0.05, 0) is 32.0 Å². The molecule has 2 aliphatic heterocycles. The molecule has 2 aliphatic rings. The molecule has 1 N–H and O–H groups in total. The molecule has 8 nitrogen and oxygen atoms in total. The third-order valence-electron chi connectivity index (χ3n) is 5.42. The molecular weight excluding hydrogens is 388 g/mol. The van der Waals surface area contributed by atoms with E-state index in [0.717, 1.165) is 0 Å². The van der Waals surface area contributed by atoms with Gasteiger partial charge in [-0.2, -0.15) is 0 Å². The van der Waals surface area contributed by atoms with Crippen molar-refractivity contribution in [1.82, 2.24) is 0 Å². The molecule has 30 heavy (non-hydrogen) atoms. The lowest BCUT2D eigenvalue weighted by molar-refractivity contribution is -0.189. The van der Waals surface area contributed by atoms with Gasteiger partial charge in [-0.25, -0.2) is 9.59 Å². The van der Waals surface area contributed by atoms with E-state index in [9.17, 15) is 14.4 Å². The zero-order valence-corrected chi connectivity index (χ0v) is 16.9. The minimum absolute atomic E-state index is 0.00719. The molecule has 1 atom stereocenters. The van der Waals surface area contributed by atoms with Crippen LogP contribution >= 0.6 is 0 Å². The molecule has 0 saturated heterocycles. The SMILES string of the molecule is CCOC(=O)C1(C(=O)OCC)Oc2ccccc2N[C@]12C(=O)N(C)c1ccccc12. The summed E-state index contributed by atoms with van der Waals surface area (Å²) < 4.78 is 16.7. The number of benzene rings is 2. The molecule has 0 radical (unpaired) electrons. The van der Waals surface area contributed by atoms with Crippen LogP contribution in [0.5, 0.6) is 5.75 Å². The fourth-order valence-electron chi connectivity index (χ4n) is 4.15. The number of rotatable bonds is 4. The second-order valence-corrected chi connectivity index (χ2v) is 6.98. The molecule has 8 heteroatoms. The number of esters is 2. The number of carbonyl (C=O) groups is 3. The highest BCUT2D eigenvalue weighted by Gasteiger charge is 2.76. The van der Waals surface area contributed by atoms with Gasteiger partial charge in [0.1, 0.15) is 5.75 Å². The first kappa shape index (κ1) is 19.8. The molecule has 0 unspecified atom stereocenters. The van der Waals surface area contributed by atoms with Crippen molar-refractivity contribution in [3.05, 3.63) is 54.1 Å². The number of nitrogens with zero attached hydrogens (tertiary/aromatic N) is 1. The van der Waals surface area contributed by atoms with Crippen molar-refractivity contribution in [3.63, 3.8) is 0 Å². The van der Waals surface area contributed by atoms with E-state index in [1.165, 1.54) is 4.90 Å². The maximum atomic E-state index is 13.7. The average molecular weight is 410 g/mol. The summed E-state index contributed by atoms with van der Waals surface area (Å²) in [6.07, 6.45) is 0. The Balaban J connectivity index is 2.09. The van der Waals surface area contributed by atoms with Gasteiger partial charge in [0.05, 0.1) is 18.9 Å². The standard InChI is InChI=1S/C22H22N2O6/c1-4-28-19(26)22(20(27)29-5-2)21(23-15-11-7-9-13-17(15)30-22)14-10-6-8-12-16(14)24(3)18(21)25/h6-13,23H,4-5H2,1-3H3/t21-/m1/s1. The number of anilines is 2. The molecule has 4 rings (SSSR count). The van der Waals surface area contributed by atoms with E-state index >= 15 is 0 Å². The number of likely N-dealkylation sites (N-methyl/N-ethyl adjacent to an activating group) is 1. The van der Waals surface area contributed by atoms with E-state index in [0.29, 0.717) is 16.9 Å². The van der Waals surface area contributed by atoms with E-state index in [4.69, 9.17) is 14.2 Å². The Morgan fingerprint density at radius 1 is 1.00 bits per heavy atom. The van der Waals surface area contributed by atoms with Gasteiger partial charge in [0.15, 0.2) is 0 Å². The summed E-state index contributed by atoms with van der Waals surface area (Å²) in [5, 5.41) is 3.16. The molecule has 0 aliphatic carbocycles. The molecule has 0 saturated carbocycles. The third-order valence-corrected chi connectivity index (χ3v) is 5.42. The van der Waals surface area contributed by atoms with Crippen molar-refractivity contribution < 1.29 is 28.6 Å². The quantitative estimate of drug-likeness (QED) is 0.610. The number of carbonyl (C=O) groups excluding carboxylic acids is 3. The van der Waals surface area contributed by atoms with E-state index < -0.39 is 29.0 Å². The Bertz CT molecular complexity index is 1020. The van der Waals surface area contributed by atoms with Crippen molar-refractivity contribution in [2.45, 2.75) is 25.0 Å². The number of amides is 1. The summed E-state index contributed by atoms with van der Waals surface area (Å²) in [5.74, 6) is -2.28. The molecule has 2 aromatic rings. The molecule has 0 bridgehead atoms. The van der Waals surface area contributed by atoms with Crippen LogP contribution in [0.15, 0.2) is 48.5 Å². The number of hydrogen-bond donors (Lipinski definition) is 1. The van der Waals surface area contributed by atoms with Crippen molar-refractivity contribution in [2.75, 3.05) is 30.5 Å². The molecule has 0 fully saturated rings. The van der Waals surface area contributed by atoms with Crippen molar-refractivity contribution >= 4 is 29.2 Å². The van der Waals surface area contributed by atoms with Crippen LogP contribution in [0, 0.1) is 0 Å².